The Kier molecular flexibility index (Phi) is 7.80. The quantitative estimate of drug-likeness (QED) is 0.327. The van der Waals surface area contributed by atoms with Crippen LogP contribution in [-0.2, 0) is 38.1 Å². The number of hydrogen-bond acceptors (Lipinski definition) is 10. The molecule has 1 heterocycles. The summed E-state index contributed by atoms with van der Waals surface area (Å²) in [7, 11) is 0. The summed E-state index contributed by atoms with van der Waals surface area (Å²) in [5.41, 5.74) is -2.37. The Bertz CT molecular complexity index is 1030. The van der Waals surface area contributed by atoms with Gasteiger partial charge in [-0.25, -0.2) is 0 Å². The van der Waals surface area contributed by atoms with E-state index in [4.69, 9.17) is 18.9 Å². The molecule has 0 radical (unpaired) electrons. The van der Waals surface area contributed by atoms with Crippen LogP contribution < -0.4 is 0 Å². The van der Waals surface area contributed by atoms with Gasteiger partial charge in [-0.05, 0) is 31.6 Å². The number of carbonyl (C=O) groups excluding carboxylic acids is 4. The topological polar surface area (TPSA) is 146 Å². The summed E-state index contributed by atoms with van der Waals surface area (Å²) in [4.78, 5) is 49.4. The van der Waals surface area contributed by atoms with Crippen LogP contribution in [0.25, 0.3) is 0 Å². The smallest absolute Gasteiger partial charge is 0.312 e. The van der Waals surface area contributed by atoms with E-state index >= 15 is 0 Å². The van der Waals surface area contributed by atoms with Gasteiger partial charge in [-0.15, -0.1) is 0 Å². The van der Waals surface area contributed by atoms with Gasteiger partial charge in [-0.1, -0.05) is 24.6 Å². The van der Waals surface area contributed by atoms with Crippen LogP contribution in [0.2, 0.25) is 0 Å². The fourth-order valence-corrected chi connectivity index (χ4v) is 5.72. The molecule has 0 amide bonds. The van der Waals surface area contributed by atoms with Crippen LogP contribution in [0.15, 0.2) is 35.5 Å². The summed E-state index contributed by atoms with van der Waals surface area (Å²) < 4.78 is 22.7. The fraction of sp³-hybridized carbons (Fsp3) is 0.615. The summed E-state index contributed by atoms with van der Waals surface area (Å²) >= 11 is 0. The highest BCUT2D eigenvalue weighted by Gasteiger charge is 2.66. The summed E-state index contributed by atoms with van der Waals surface area (Å²) in [6.07, 6.45) is 2.03. The molecule has 1 fully saturated rings. The molecule has 2 N–H and O–H groups in total. The van der Waals surface area contributed by atoms with E-state index in [1.165, 1.54) is 39.8 Å². The molecule has 1 saturated heterocycles. The molecule has 36 heavy (non-hydrogen) atoms. The molecule has 198 valence electrons. The maximum atomic E-state index is 12.7. The van der Waals surface area contributed by atoms with Gasteiger partial charge in [-0.3, -0.25) is 19.2 Å². The molecule has 3 aliphatic rings. The monoisotopic (exact) mass is 506 g/mol. The minimum absolute atomic E-state index is 0.270. The van der Waals surface area contributed by atoms with E-state index in [-0.39, 0.29) is 12.0 Å². The number of ether oxygens (including phenoxy) is 4. The summed E-state index contributed by atoms with van der Waals surface area (Å²) in [5, 5.41) is 22.2. The molecule has 8 atom stereocenters. The molecule has 1 aliphatic heterocycles. The lowest BCUT2D eigenvalue weighted by atomic mass is 9.56. The Balaban J connectivity index is 2.40. The molecule has 0 aromatic heterocycles. The maximum absolute atomic E-state index is 12.7. The maximum Gasteiger partial charge on any atom is 0.312 e. The van der Waals surface area contributed by atoms with Crippen molar-refractivity contribution in [1.82, 2.24) is 0 Å². The molecule has 1 unspecified atom stereocenters. The molecule has 10 heteroatoms. The standard InChI is InChI=1S/C26H34O10/c1-13-7-9-19(33-15(3)28)25(6)20(34-16(4)29)10-8-18(12-27)11-21-26(32,14(2)24(31)36-21)23(22(13)25)35-17(5)30/h7-8,10-11,14,19-23,27,32H,9,12H2,1-6H3/b10-8+,18-11+/t14-,19-,20-,21-,22+,23?,25+,26-/m0/s1. The molecule has 0 spiro atoms. The summed E-state index contributed by atoms with van der Waals surface area (Å²) in [6, 6.07) is 0. The van der Waals surface area contributed by atoms with Gasteiger partial charge in [0.1, 0.15) is 18.3 Å². The Hall–Kier alpha value is -2.98. The lowest BCUT2D eigenvalue weighted by molar-refractivity contribution is -0.211. The van der Waals surface area contributed by atoms with Crippen molar-refractivity contribution >= 4 is 23.9 Å². The number of aliphatic hydroxyl groups excluding tert-OH is 1. The van der Waals surface area contributed by atoms with E-state index in [2.05, 4.69) is 0 Å². The zero-order valence-electron chi connectivity index (χ0n) is 21.3. The number of esters is 4. The average molecular weight is 507 g/mol. The number of fused-ring (bicyclic) bond motifs is 2. The third kappa shape index (κ3) is 4.71. The van der Waals surface area contributed by atoms with Crippen molar-refractivity contribution in [3.05, 3.63) is 35.5 Å². The minimum atomic E-state index is -2.06. The van der Waals surface area contributed by atoms with Crippen LogP contribution in [0.1, 0.15) is 48.0 Å². The Morgan fingerprint density at radius 2 is 1.72 bits per heavy atom. The zero-order valence-corrected chi connectivity index (χ0v) is 21.3. The first-order valence-electron chi connectivity index (χ1n) is 11.9. The molecule has 0 saturated carbocycles. The highest BCUT2D eigenvalue weighted by atomic mass is 16.6. The van der Waals surface area contributed by atoms with Gasteiger partial charge in [0, 0.05) is 33.1 Å². The molecule has 0 bridgehead atoms. The molecule has 10 nitrogen and oxygen atoms in total. The lowest BCUT2D eigenvalue weighted by Gasteiger charge is -2.53. The van der Waals surface area contributed by atoms with Crippen LogP contribution in [-0.4, -0.2) is 70.7 Å². The molecular weight excluding hydrogens is 472 g/mol. The van der Waals surface area contributed by atoms with Gasteiger partial charge in [0.15, 0.2) is 11.7 Å². The van der Waals surface area contributed by atoms with Crippen molar-refractivity contribution in [2.45, 2.75) is 78.0 Å². The normalized spacial score (nSPS) is 40.3. The second kappa shape index (κ2) is 10.2. The highest BCUT2D eigenvalue weighted by molar-refractivity contribution is 5.78. The van der Waals surface area contributed by atoms with Crippen molar-refractivity contribution in [2.24, 2.45) is 17.3 Å². The lowest BCUT2D eigenvalue weighted by Crippen LogP contribution is -2.65. The van der Waals surface area contributed by atoms with Gasteiger partial charge >= 0.3 is 23.9 Å². The minimum Gasteiger partial charge on any atom is -0.461 e. The molecular formula is C26H34O10. The first kappa shape index (κ1) is 27.6. The second-order valence-corrected chi connectivity index (χ2v) is 9.91. The largest absolute Gasteiger partial charge is 0.461 e. The Morgan fingerprint density at radius 1 is 1.11 bits per heavy atom. The molecule has 0 aromatic rings. The highest BCUT2D eigenvalue weighted by Crippen LogP contribution is 2.54. The van der Waals surface area contributed by atoms with E-state index in [0.29, 0.717) is 5.57 Å². The van der Waals surface area contributed by atoms with E-state index in [0.717, 1.165) is 0 Å². The van der Waals surface area contributed by atoms with E-state index < -0.39 is 77.8 Å². The SMILES string of the molecule is CC(=O)OC1[C@H]2C(C)=CC[C@H](OC(C)=O)[C@]2(C)[C@@H](OC(C)=O)/C=C/C(CO)=C\[C@@H]2OC(=O)[C@H](C)[C@@]12O. The van der Waals surface area contributed by atoms with Crippen LogP contribution in [0.5, 0.6) is 0 Å². The van der Waals surface area contributed by atoms with Gasteiger partial charge in [0.2, 0.25) is 0 Å². The Morgan fingerprint density at radius 3 is 2.28 bits per heavy atom. The number of carbonyl (C=O) groups is 4. The van der Waals surface area contributed by atoms with Crippen molar-refractivity contribution < 1.29 is 48.3 Å². The van der Waals surface area contributed by atoms with E-state index in [9.17, 15) is 29.4 Å². The average Bonchev–Trinajstić information content (AvgIpc) is 2.99. The van der Waals surface area contributed by atoms with Crippen LogP contribution >= 0.6 is 0 Å². The summed E-state index contributed by atoms with van der Waals surface area (Å²) in [5.74, 6) is -4.60. The second-order valence-electron chi connectivity index (χ2n) is 9.91. The summed E-state index contributed by atoms with van der Waals surface area (Å²) in [6.45, 7) is 8.16. The predicted octanol–water partition coefficient (Wildman–Crippen LogP) is 1.54. The number of aliphatic hydroxyl groups is 2. The van der Waals surface area contributed by atoms with Crippen molar-refractivity contribution in [2.75, 3.05) is 6.61 Å². The van der Waals surface area contributed by atoms with E-state index in [1.807, 2.05) is 6.08 Å². The third-order valence-corrected chi connectivity index (χ3v) is 7.55. The predicted molar refractivity (Wildman–Crippen MR) is 125 cm³/mol. The van der Waals surface area contributed by atoms with Crippen molar-refractivity contribution in [3.8, 4) is 0 Å². The van der Waals surface area contributed by atoms with Crippen molar-refractivity contribution in [1.29, 1.82) is 0 Å². The number of hydrogen-bond donors (Lipinski definition) is 2. The first-order chi connectivity index (χ1) is 16.8. The Labute approximate surface area is 209 Å². The van der Waals surface area contributed by atoms with Gasteiger partial charge in [0.25, 0.3) is 0 Å². The van der Waals surface area contributed by atoms with E-state index in [1.54, 1.807) is 19.9 Å². The molecule has 0 aromatic carbocycles. The zero-order chi connectivity index (χ0) is 27.0. The van der Waals surface area contributed by atoms with Crippen LogP contribution in [0, 0.1) is 17.3 Å². The van der Waals surface area contributed by atoms with Gasteiger partial charge < -0.3 is 29.2 Å². The van der Waals surface area contributed by atoms with Gasteiger partial charge in [-0.2, -0.15) is 0 Å². The van der Waals surface area contributed by atoms with Crippen LogP contribution in [0.3, 0.4) is 0 Å². The molecule has 3 rings (SSSR count). The molecule has 2 aliphatic carbocycles. The van der Waals surface area contributed by atoms with Gasteiger partial charge in [0.05, 0.1) is 17.9 Å². The number of rotatable bonds is 4. The van der Waals surface area contributed by atoms with Crippen molar-refractivity contribution in [3.63, 3.8) is 0 Å². The fourth-order valence-electron chi connectivity index (χ4n) is 5.72. The van der Waals surface area contributed by atoms with Crippen LogP contribution in [0.4, 0.5) is 0 Å². The first-order valence-corrected chi connectivity index (χ1v) is 11.9. The third-order valence-electron chi connectivity index (χ3n) is 7.55.